The van der Waals surface area contributed by atoms with Gasteiger partial charge in [0.1, 0.15) is 5.82 Å². The molecule has 0 aromatic heterocycles. The summed E-state index contributed by atoms with van der Waals surface area (Å²) in [5.74, 6) is -0.160. The van der Waals surface area contributed by atoms with Crippen molar-refractivity contribution in [3.05, 3.63) is 47.8 Å². The zero-order valence-electron chi connectivity index (χ0n) is 8.83. The number of benzene rings is 1. The molecule has 1 aromatic carbocycles. The van der Waals surface area contributed by atoms with Crippen molar-refractivity contribution in [3.63, 3.8) is 0 Å². The number of hydrogen-bond donors (Lipinski definition) is 1. The van der Waals surface area contributed by atoms with Crippen LogP contribution in [-0.2, 0) is 0 Å². The van der Waals surface area contributed by atoms with Crippen LogP contribution >= 0.6 is 0 Å². The maximum Gasteiger partial charge on any atom is 0.123 e. The molecule has 1 aromatic rings. The van der Waals surface area contributed by atoms with E-state index < -0.39 is 5.60 Å². The maximum absolute atomic E-state index is 12.7. The molecule has 1 saturated carbocycles. The smallest absolute Gasteiger partial charge is 0.123 e. The summed E-state index contributed by atoms with van der Waals surface area (Å²) in [5.41, 5.74) is 1.01. The summed E-state index contributed by atoms with van der Waals surface area (Å²) in [6.45, 7) is 5.66. The molecule has 0 bridgehead atoms. The van der Waals surface area contributed by atoms with Crippen LogP contribution in [0.15, 0.2) is 36.4 Å². The summed E-state index contributed by atoms with van der Waals surface area (Å²) in [4.78, 5) is 0. The fourth-order valence-corrected chi connectivity index (χ4v) is 2.21. The second-order valence-electron chi connectivity index (χ2n) is 4.35. The molecule has 1 aliphatic carbocycles. The molecular formula is C13H15FO. The quantitative estimate of drug-likeness (QED) is 0.737. The lowest BCUT2D eigenvalue weighted by Crippen LogP contribution is -2.45. The topological polar surface area (TPSA) is 20.2 Å². The van der Waals surface area contributed by atoms with Crippen molar-refractivity contribution >= 4 is 0 Å². The Hall–Kier alpha value is -1.15. The lowest BCUT2D eigenvalue weighted by atomic mass is 9.63. The van der Waals surface area contributed by atoms with Crippen LogP contribution < -0.4 is 0 Å². The number of aliphatic hydroxyl groups is 1. The van der Waals surface area contributed by atoms with Crippen molar-refractivity contribution in [1.82, 2.24) is 0 Å². The molecule has 1 fully saturated rings. The molecule has 1 nitrogen and oxygen atoms in total. The fraction of sp³-hybridized carbons (Fsp3) is 0.385. The third-order valence-corrected chi connectivity index (χ3v) is 3.40. The minimum Gasteiger partial charge on any atom is -0.385 e. The maximum atomic E-state index is 12.7. The van der Waals surface area contributed by atoms with Crippen LogP contribution in [0.5, 0.6) is 0 Å². The summed E-state index contributed by atoms with van der Waals surface area (Å²) >= 11 is 0. The van der Waals surface area contributed by atoms with Crippen LogP contribution in [-0.4, -0.2) is 10.7 Å². The van der Waals surface area contributed by atoms with Gasteiger partial charge in [-0.15, -0.1) is 0 Å². The third kappa shape index (κ3) is 1.59. The molecule has 0 aliphatic heterocycles. The van der Waals surface area contributed by atoms with Crippen molar-refractivity contribution in [3.8, 4) is 0 Å². The average Bonchev–Trinajstić information content (AvgIpc) is 2.18. The highest BCUT2D eigenvalue weighted by atomic mass is 19.1. The SMILES string of the molecule is C=C(C)[C@@]1(O)CC[C@@H]1c1ccc(F)cc1. The van der Waals surface area contributed by atoms with Gasteiger partial charge in [0.2, 0.25) is 0 Å². The van der Waals surface area contributed by atoms with Crippen LogP contribution in [0.1, 0.15) is 31.2 Å². The van der Waals surface area contributed by atoms with E-state index in [4.69, 9.17) is 0 Å². The van der Waals surface area contributed by atoms with Crippen molar-refractivity contribution in [2.24, 2.45) is 0 Å². The molecule has 1 N–H and O–H groups in total. The Morgan fingerprint density at radius 2 is 2.07 bits per heavy atom. The van der Waals surface area contributed by atoms with Gasteiger partial charge in [-0.2, -0.15) is 0 Å². The van der Waals surface area contributed by atoms with Gasteiger partial charge in [0.15, 0.2) is 0 Å². The Kier molecular flexibility index (Phi) is 2.39. The van der Waals surface area contributed by atoms with Crippen LogP contribution in [0, 0.1) is 5.82 Å². The predicted octanol–water partition coefficient (Wildman–Crippen LogP) is 3.01. The van der Waals surface area contributed by atoms with Gasteiger partial charge in [0.05, 0.1) is 5.60 Å². The first-order chi connectivity index (χ1) is 7.04. The van der Waals surface area contributed by atoms with Crippen molar-refractivity contribution < 1.29 is 9.50 Å². The second kappa shape index (κ2) is 3.46. The standard InChI is InChI=1S/C13H15FO/c1-9(2)13(15)8-7-12(13)10-3-5-11(14)6-4-10/h3-6,12,15H,1,7-8H2,2H3/t12-,13+/m1/s1. The molecule has 2 atom stereocenters. The predicted molar refractivity (Wildman–Crippen MR) is 58.1 cm³/mol. The van der Waals surface area contributed by atoms with Crippen LogP contribution in [0.2, 0.25) is 0 Å². The van der Waals surface area contributed by atoms with Gasteiger partial charge in [0, 0.05) is 5.92 Å². The Labute approximate surface area is 89.3 Å². The van der Waals surface area contributed by atoms with E-state index >= 15 is 0 Å². The van der Waals surface area contributed by atoms with E-state index in [2.05, 4.69) is 6.58 Å². The average molecular weight is 206 g/mol. The first kappa shape index (κ1) is 10.4. The summed E-state index contributed by atoms with van der Waals surface area (Å²) in [6, 6.07) is 6.36. The molecule has 2 rings (SSSR count). The number of hydrogen-bond acceptors (Lipinski definition) is 1. The minimum atomic E-state index is -0.780. The van der Waals surface area contributed by atoms with E-state index in [9.17, 15) is 9.50 Å². The lowest BCUT2D eigenvalue weighted by molar-refractivity contribution is -0.0232. The highest BCUT2D eigenvalue weighted by Crippen LogP contribution is 2.49. The van der Waals surface area contributed by atoms with E-state index in [-0.39, 0.29) is 11.7 Å². The van der Waals surface area contributed by atoms with Crippen molar-refractivity contribution in [1.29, 1.82) is 0 Å². The molecule has 0 spiro atoms. The normalized spacial score (nSPS) is 29.7. The molecule has 15 heavy (non-hydrogen) atoms. The zero-order valence-corrected chi connectivity index (χ0v) is 8.83. The molecule has 0 radical (unpaired) electrons. The molecule has 80 valence electrons. The lowest BCUT2D eigenvalue weighted by Gasteiger charge is -2.46. The van der Waals surface area contributed by atoms with Crippen LogP contribution in [0.4, 0.5) is 4.39 Å². The molecular weight excluding hydrogens is 191 g/mol. The Bertz CT molecular complexity index is 382. The number of halogens is 1. The number of rotatable bonds is 2. The van der Waals surface area contributed by atoms with E-state index in [1.54, 1.807) is 12.1 Å². The molecule has 1 aliphatic rings. The molecule has 2 heteroatoms. The highest BCUT2D eigenvalue weighted by Gasteiger charge is 2.46. The summed E-state index contributed by atoms with van der Waals surface area (Å²) in [6.07, 6.45) is 1.69. The fourth-order valence-electron chi connectivity index (χ4n) is 2.21. The Morgan fingerprint density at radius 3 is 2.47 bits per heavy atom. The summed E-state index contributed by atoms with van der Waals surface area (Å²) in [5, 5.41) is 10.3. The monoisotopic (exact) mass is 206 g/mol. The van der Waals surface area contributed by atoms with E-state index in [1.165, 1.54) is 12.1 Å². The summed E-state index contributed by atoms with van der Waals surface area (Å²) in [7, 11) is 0. The second-order valence-corrected chi connectivity index (χ2v) is 4.35. The zero-order chi connectivity index (χ0) is 11.1. The summed E-state index contributed by atoms with van der Waals surface area (Å²) < 4.78 is 12.7. The van der Waals surface area contributed by atoms with Gasteiger partial charge < -0.3 is 5.11 Å². The molecule has 0 saturated heterocycles. The van der Waals surface area contributed by atoms with Crippen molar-refractivity contribution in [2.45, 2.75) is 31.3 Å². The van der Waals surface area contributed by atoms with Gasteiger partial charge in [-0.05, 0) is 43.0 Å². The van der Waals surface area contributed by atoms with Crippen LogP contribution in [0.3, 0.4) is 0 Å². The molecule has 0 amide bonds. The van der Waals surface area contributed by atoms with Crippen LogP contribution in [0.25, 0.3) is 0 Å². The van der Waals surface area contributed by atoms with E-state index in [0.717, 1.165) is 24.0 Å². The Balaban J connectivity index is 2.26. The first-order valence-electron chi connectivity index (χ1n) is 5.18. The minimum absolute atomic E-state index is 0.0793. The Morgan fingerprint density at radius 1 is 1.47 bits per heavy atom. The molecule has 0 heterocycles. The van der Waals surface area contributed by atoms with E-state index in [1.807, 2.05) is 6.92 Å². The van der Waals surface area contributed by atoms with Gasteiger partial charge >= 0.3 is 0 Å². The van der Waals surface area contributed by atoms with Crippen molar-refractivity contribution in [2.75, 3.05) is 0 Å². The highest BCUT2D eigenvalue weighted by molar-refractivity contribution is 5.33. The van der Waals surface area contributed by atoms with Gasteiger partial charge in [-0.25, -0.2) is 4.39 Å². The van der Waals surface area contributed by atoms with Gasteiger partial charge in [0.25, 0.3) is 0 Å². The largest absolute Gasteiger partial charge is 0.385 e. The first-order valence-corrected chi connectivity index (χ1v) is 5.18. The van der Waals surface area contributed by atoms with E-state index in [0.29, 0.717) is 0 Å². The van der Waals surface area contributed by atoms with Gasteiger partial charge in [-0.3, -0.25) is 0 Å². The van der Waals surface area contributed by atoms with Gasteiger partial charge in [-0.1, -0.05) is 18.7 Å². The molecule has 0 unspecified atom stereocenters. The third-order valence-electron chi connectivity index (χ3n) is 3.40.